The van der Waals surface area contributed by atoms with Gasteiger partial charge in [-0.3, -0.25) is 4.79 Å². The molecule has 30 heavy (non-hydrogen) atoms. The van der Waals surface area contributed by atoms with Gasteiger partial charge in [0, 0.05) is 25.9 Å². The summed E-state index contributed by atoms with van der Waals surface area (Å²) in [4.78, 5) is 13.0. The molecule has 9 heteroatoms. The molecule has 160 valence electrons. The summed E-state index contributed by atoms with van der Waals surface area (Å²) in [5.74, 6) is -1.15. The van der Waals surface area contributed by atoms with Crippen LogP contribution in [0.2, 0.25) is 0 Å². The lowest BCUT2D eigenvalue weighted by Gasteiger charge is -2.32. The Hall–Kier alpha value is -2.72. The van der Waals surface area contributed by atoms with Crippen molar-refractivity contribution in [2.24, 2.45) is 0 Å². The Morgan fingerprint density at radius 1 is 1.03 bits per heavy atom. The van der Waals surface area contributed by atoms with E-state index in [9.17, 15) is 4.79 Å². The maximum atomic E-state index is 13.0. The maximum absolute atomic E-state index is 13.0. The Morgan fingerprint density at radius 2 is 1.77 bits per heavy atom. The summed E-state index contributed by atoms with van der Waals surface area (Å²) in [5, 5.41) is 4.21. The molecule has 0 spiro atoms. The van der Waals surface area contributed by atoms with Crippen LogP contribution < -0.4 is 4.74 Å². The molecule has 1 fully saturated rings. The van der Waals surface area contributed by atoms with E-state index >= 15 is 0 Å². The van der Waals surface area contributed by atoms with Crippen LogP contribution in [-0.2, 0) is 29.5 Å². The largest absolute Gasteiger partial charge is 0.496 e. The van der Waals surface area contributed by atoms with Crippen LogP contribution in [0.3, 0.4) is 0 Å². The quantitative estimate of drug-likeness (QED) is 0.657. The van der Waals surface area contributed by atoms with Gasteiger partial charge in [-0.2, -0.15) is 0 Å². The van der Waals surface area contributed by atoms with E-state index in [-0.39, 0.29) is 28.6 Å². The molecule has 1 aliphatic heterocycles. The number of benzene rings is 1. The molecule has 1 aromatic heterocycles. The van der Waals surface area contributed by atoms with E-state index in [1.807, 2.05) is 12.1 Å². The standard InChI is InChI=1S/C21H23NO8/c1-24-14-8-5-7-12(20-28-9-6-10-29-20)16(14)18-17-13(23)11-15(25-2)21(26-3,27-4)19(17)30-22-18/h5,7-8,11,20H,6,9-10H2,1-4H3. The minimum Gasteiger partial charge on any atom is -0.496 e. The molecule has 0 N–H and O–H groups in total. The fourth-order valence-corrected chi connectivity index (χ4v) is 3.81. The summed E-state index contributed by atoms with van der Waals surface area (Å²) < 4.78 is 39.2. The minimum absolute atomic E-state index is 0.0918. The fourth-order valence-electron chi connectivity index (χ4n) is 3.81. The van der Waals surface area contributed by atoms with E-state index in [0.717, 1.165) is 6.42 Å². The molecule has 0 bridgehead atoms. The van der Waals surface area contributed by atoms with Gasteiger partial charge in [-0.15, -0.1) is 0 Å². The monoisotopic (exact) mass is 417 g/mol. The number of rotatable bonds is 6. The number of aromatic nitrogens is 1. The molecule has 0 unspecified atom stereocenters. The molecule has 9 nitrogen and oxygen atoms in total. The molecular formula is C21H23NO8. The van der Waals surface area contributed by atoms with Crippen molar-refractivity contribution in [1.29, 1.82) is 0 Å². The molecule has 0 amide bonds. The van der Waals surface area contributed by atoms with E-state index in [4.69, 9.17) is 32.9 Å². The van der Waals surface area contributed by atoms with Crippen molar-refractivity contribution < 1.29 is 37.7 Å². The lowest BCUT2D eigenvalue weighted by Crippen LogP contribution is -2.38. The third-order valence-corrected chi connectivity index (χ3v) is 5.22. The number of ether oxygens (including phenoxy) is 6. The van der Waals surface area contributed by atoms with Crippen molar-refractivity contribution in [3.05, 3.63) is 46.9 Å². The van der Waals surface area contributed by atoms with Gasteiger partial charge in [0.05, 0.1) is 38.6 Å². The molecule has 1 aliphatic carbocycles. The molecule has 1 saturated heterocycles. The highest BCUT2D eigenvalue weighted by Gasteiger charge is 2.51. The highest BCUT2D eigenvalue weighted by atomic mass is 16.7. The summed E-state index contributed by atoms with van der Waals surface area (Å²) in [5.41, 5.74) is 1.70. The van der Waals surface area contributed by atoms with Gasteiger partial charge in [0.25, 0.3) is 5.79 Å². The Balaban J connectivity index is 1.94. The molecule has 0 atom stereocenters. The normalized spacial score (nSPS) is 18.7. The van der Waals surface area contributed by atoms with E-state index in [2.05, 4.69) is 5.16 Å². The summed E-state index contributed by atoms with van der Waals surface area (Å²) >= 11 is 0. The molecule has 2 aliphatic rings. The molecule has 0 radical (unpaired) electrons. The first-order chi connectivity index (χ1) is 14.6. The fraction of sp³-hybridized carbons (Fsp3) is 0.429. The zero-order valence-electron chi connectivity index (χ0n) is 17.2. The molecule has 0 saturated carbocycles. The van der Waals surface area contributed by atoms with Crippen LogP contribution in [0.15, 0.2) is 34.6 Å². The minimum atomic E-state index is -1.54. The van der Waals surface area contributed by atoms with Gasteiger partial charge in [-0.1, -0.05) is 17.3 Å². The van der Waals surface area contributed by atoms with E-state index in [1.54, 1.807) is 6.07 Å². The number of fused-ring (bicyclic) bond motifs is 1. The predicted molar refractivity (Wildman–Crippen MR) is 103 cm³/mol. The van der Waals surface area contributed by atoms with Gasteiger partial charge >= 0.3 is 0 Å². The van der Waals surface area contributed by atoms with Gasteiger partial charge in [0.15, 0.2) is 17.8 Å². The van der Waals surface area contributed by atoms with Crippen LogP contribution in [0.25, 0.3) is 11.3 Å². The third kappa shape index (κ3) is 3.02. The van der Waals surface area contributed by atoms with Crippen LogP contribution in [0.1, 0.15) is 34.4 Å². The molecule has 1 aromatic carbocycles. The number of allylic oxidation sites excluding steroid dienone is 1. The van der Waals surface area contributed by atoms with Gasteiger partial charge in [0.1, 0.15) is 11.4 Å². The van der Waals surface area contributed by atoms with E-state index < -0.39 is 12.1 Å². The highest BCUT2D eigenvalue weighted by Crippen LogP contribution is 2.46. The van der Waals surface area contributed by atoms with Crippen LogP contribution in [0, 0.1) is 0 Å². The predicted octanol–water partition coefficient (Wildman–Crippen LogP) is 2.96. The summed E-state index contributed by atoms with van der Waals surface area (Å²) in [7, 11) is 5.81. The number of methoxy groups -OCH3 is 4. The summed E-state index contributed by atoms with van der Waals surface area (Å²) in [6.07, 6.45) is 1.50. The van der Waals surface area contributed by atoms with Crippen LogP contribution in [0.4, 0.5) is 0 Å². The third-order valence-electron chi connectivity index (χ3n) is 5.22. The zero-order chi connectivity index (χ0) is 21.3. The van der Waals surface area contributed by atoms with Crippen LogP contribution in [0.5, 0.6) is 5.75 Å². The number of ketones is 1. The van der Waals surface area contributed by atoms with Crippen molar-refractivity contribution in [2.45, 2.75) is 18.5 Å². The number of carbonyl (C=O) groups excluding carboxylic acids is 1. The van der Waals surface area contributed by atoms with Gasteiger partial charge < -0.3 is 32.9 Å². The summed E-state index contributed by atoms with van der Waals surface area (Å²) in [6, 6.07) is 5.44. The van der Waals surface area contributed by atoms with Crippen molar-refractivity contribution >= 4 is 5.78 Å². The summed E-state index contributed by atoms with van der Waals surface area (Å²) in [6.45, 7) is 1.13. The Bertz CT molecular complexity index is 969. The SMILES string of the molecule is COC1=CC(=O)c2c(-c3c(OC)cccc3C3OCCCO3)noc2C1(OC)OC. The Morgan fingerprint density at radius 3 is 2.40 bits per heavy atom. The van der Waals surface area contributed by atoms with E-state index in [1.165, 1.54) is 34.5 Å². The second-order valence-electron chi connectivity index (χ2n) is 6.69. The molecule has 2 heterocycles. The first-order valence-electron chi connectivity index (χ1n) is 9.42. The Labute approximate surface area is 173 Å². The van der Waals surface area contributed by atoms with Gasteiger partial charge in [-0.25, -0.2) is 0 Å². The van der Waals surface area contributed by atoms with Crippen molar-refractivity contribution in [3.8, 4) is 17.0 Å². The van der Waals surface area contributed by atoms with Crippen LogP contribution >= 0.6 is 0 Å². The van der Waals surface area contributed by atoms with Crippen LogP contribution in [-0.4, -0.2) is 52.6 Å². The molecule has 2 aromatic rings. The Kier molecular flexibility index (Phi) is 5.61. The number of hydrogen-bond donors (Lipinski definition) is 0. The van der Waals surface area contributed by atoms with Crippen molar-refractivity contribution in [2.75, 3.05) is 41.7 Å². The second-order valence-corrected chi connectivity index (χ2v) is 6.69. The average molecular weight is 417 g/mol. The van der Waals surface area contributed by atoms with E-state index in [0.29, 0.717) is 30.1 Å². The number of hydrogen-bond acceptors (Lipinski definition) is 9. The first kappa shape index (κ1) is 20.5. The number of nitrogens with zero attached hydrogens (tertiary/aromatic N) is 1. The zero-order valence-corrected chi connectivity index (χ0v) is 17.2. The van der Waals surface area contributed by atoms with Crippen molar-refractivity contribution in [3.63, 3.8) is 0 Å². The lowest BCUT2D eigenvalue weighted by atomic mass is 9.90. The molecular weight excluding hydrogens is 394 g/mol. The van der Waals surface area contributed by atoms with Gasteiger partial charge in [0.2, 0.25) is 5.76 Å². The lowest BCUT2D eigenvalue weighted by molar-refractivity contribution is -0.221. The molecule has 4 rings (SSSR count). The van der Waals surface area contributed by atoms with Crippen molar-refractivity contribution in [1.82, 2.24) is 5.16 Å². The maximum Gasteiger partial charge on any atom is 0.292 e. The average Bonchev–Trinajstić information content (AvgIpc) is 3.25. The number of carbonyl (C=O) groups is 1. The first-order valence-corrected chi connectivity index (χ1v) is 9.42. The second kappa shape index (κ2) is 8.19. The topological polar surface area (TPSA) is 98.5 Å². The smallest absolute Gasteiger partial charge is 0.292 e. The van der Waals surface area contributed by atoms with Gasteiger partial charge in [-0.05, 0) is 12.5 Å². The highest BCUT2D eigenvalue weighted by molar-refractivity contribution is 6.11.